The normalized spacial score (nSPS) is 13.6. The standard InChI is InChI=1S/C18H15BrN4O2/c19-11-4-3-5-13(10-11)21-18(25)16-22-15(17(24)20-12-7-8-12)14-6-1-2-9-23(14)16/h1-6,9-10,12H,7-8H2,(H,20,24)(H,21,25). The van der Waals surface area contributed by atoms with Crippen molar-refractivity contribution in [3.63, 3.8) is 0 Å². The molecule has 0 saturated heterocycles. The number of benzene rings is 1. The number of anilines is 1. The van der Waals surface area contributed by atoms with Gasteiger partial charge in [-0.3, -0.25) is 14.0 Å². The molecule has 1 fully saturated rings. The van der Waals surface area contributed by atoms with Crippen molar-refractivity contribution >= 4 is 38.9 Å². The van der Waals surface area contributed by atoms with Crippen LogP contribution in [0.1, 0.15) is 33.9 Å². The van der Waals surface area contributed by atoms with Crippen molar-refractivity contribution in [2.75, 3.05) is 5.32 Å². The highest BCUT2D eigenvalue weighted by molar-refractivity contribution is 9.10. The number of hydrogen-bond acceptors (Lipinski definition) is 3. The molecule has 2 N–H and O–H groups in total. The Balaban J connectivity index is 1.68. The van der Waals surface area contributed by atoms with Gasteiger partial charge in [-0.25, -0.2) is 4.98 Å². The minimum atomic E-state index is -0.371. The Morgan fingerprint density at radius 3 is 2.72 bits per heavy atom. The van der Waals surface area contributed by atoms with E-state index in [-0.39, 0.29) is 29.4 Å². The van der Waals surface area contributed by atoms with Gasteiger partial charge in [0.1, 0.15) is 0 Å². The maximum absolute atomic E-state index is 12.7. The lowest BCUT2D eigenvalue weighted by Crippen LogP contribution is -2.26. The van der Waals surface area contributed by atoms with Gasteiger partial charge in [-0.2, -0.15) is 0 Å². The minimum Gasteiger partial charge on any atom is -0.348 e. The number of halogens is 1. The summed E-state index contributed by atoms with van der Waals surface area (Å²) in [5.41, 5.74) is 1.53. The van der Waals surface area contributed by atoms with Crippen molar-refractivity contribution in [3.8, 4) is 0 Å². The van der Waals surface area contributed by atoms with Gasteiger partial charge >= 0.3 is 0 Å². The van der Waals surface area contributed by atoms with E-state index >= 15 is 0 Å². The molecular formula is C18H15BrN4O2. The van der Waals surface area contributed by atoms with Crippen LogP contribution in [0.15, 0.2) is 53.1 Å². The number of amides is 2. The molecule has 3 aromatic rings. The number of fused-ring (bicyclic) bond motifs is 1. The molecule has 1 aliphatic carbocycles. The number of nitrogens with zero attached hydrogens (tertiary/aromatic N) is 2. The zero-order chi connectivity index (χ0) is 17.4. The number of imidazole rings is 1. The predicted molar refractivity (Wildman–Crippen MR) is 97.8 cm³/mol. The molecule has 126 valence electrons. The Kier molecular flexibility index (Phi) is 4.01. The lowest BCUT2D eigenvalue weighted by atomic mass is 10.3. The van der Waals surface area contributed by atoms with E-state index in [4.69, 9.17) is 0 Å². The van der Waals surface area contributed by atoms with Crippen molar-refractivity contribution in [1.29, 1.82) is 0 Å². The zero-order valence-electron chi connectivity index (χ0n) is 13.2. The van der Waals surface area contributed by atoms with Crippen LogP contribution in [0.3, 0.4) is 0 Å². The van der Waals surface area contributed by atoms with Crippen LogP contribution in [0.25, 0.3) is 5.52 Å². The Hall–Kier alpha value is -2.67. The van der Waals surface area contributed by atoms with Crippen LogP contribution in [0.2, 0.25) is 0 Å². The molecule has 25 heavy (non-hydrogen) atoms. The number of hydrogen-bond donors (Lipinski definition) is 2. The highest BCUT2D eigenvalue weighted by Gasteiger charge is 2.27. The Labute approximate surface area is 152 Å². The summed E-state index contributed by atoms with van der Waals surface area (Å²) >= 11 is 3.37. The van der Waals surface area contributed by atoms with Gasteiger partial charge in [0, 0.05) is 22.4 Å². The molecule has 0 bridgehead atoms. The van der Waals surface area contributed by atoms with Gasteiger partial charge in [0.15, 0.2) is 5.69 Å². The van der Waals surface area contributed by atoms with Crippen LogP contribution in [0.4, 0.5) is 5.69 Å². The fraction of sp³-hybridized carbons (Fsp3) is 0.167. The summed E-state index contributed by atoms with van der Waals surface area (Å²) < 4.78 is 2.50. The predicted octanol–water partition coefficient (Wildman–Crippen LogP) is 3.24. The SMILES string of the molecule is O=C(NC1CC1)c1nc(C(=O)Nc2cccc(Br)c2)n2ccccc12. The Morgan fingerprint density at radius 2 is 1.96 bits per heavy atom. The van der Waals surface area contributed by atoms with E-state index in [1.807, 2.05) is 18.2 Å². The number of nitrogens with one attached hydrogen (secondary N) is 2. The number of pyridine rings is 1. The van der Waals surface area contributed by atoms with Crippen LogP contribution < -0.4 is 10.6 Å². The fourth-order valence-corrected chi connectivity index (χ4v) is 3.00. The second-order valence-corrected chi connectivity index (χ2v) is 6.87. The molecule has 4 rings (SSSR count). The smallest absolute Gasteiger partial charge is 0.292 e. The lowest BCUT2D eigenvalue weighted by molar-refractivity contribution is 0.0948. The van der Waals surface area contributed by atoms with Crippen LogP contribution in [-0.4, -0.2) is 27.2 Å². The zero-order valence-corrected chi connectivity index (χ0v) is 14.8. The number of aromatic nitrogens is 2. The van der Waals surface area contributed by atoms with Gasteiger partial charge in [0.25, 0.3) is 11.8 Å². The molecular weight excluding hydrogens is 384 g/mol. The molecule has 1 aliphatic rings. The van der Waals surface area contributed by atoms with Crippen LogP contribution in [-0.2, 0) is 0 Å². The molecule has 6 nitrogen and oxygen atoms in total. The van der Waals surface area contributed by atoms with Gasteiger partial charge < -0.3 is 10.6 Å². The first kappa shape index (κ1) is 15.8. The maximum Gasteiger partial charge on any atom is 0.292 e. The average Bonchev–Trinajstić information content (AvgIpc) is 3.32. The molecule has 0 unspecified atom stereocenters. The van der Waals surface area contributed by atoms with Gasteiger partial charge in [-0.15, -0.1) is 0 Å². The highest BCUT2D eigenvalue weighted by atomic mass is 79.9. The Morgan fingerprint density at radius 1 is 1.12 bits per heavy atom. The lowest BCUT2D eigenvalue weighted by Gasteiger charge is -2.04. The molecule has 1 saturated carbocycles. The fourth-order valence-electron chi connectivity index (χ4n) is 2.60. The molecule has 7 heteroatoms. The molecule has 2 heterocycles. The van der Waals surface area contributed by atoms with Crippen LogP contribution >= 0.6 is 15.9 Å². The summed E-state index contributed by atoms with van der Waals surface area (Å²) in [5.74, 6) is -0.436. The van der Waals surface area contributed by atoms with Gasteiger partial charge in [0.05, 0.1) is 5.52 Å². The molecule has 0 spiro atoms. The minimum absolute atomic E-state index is 0.177. The van der Waals surface area contributed by atoms with Crippen molar-refractivity contribution in [2.45, 2.75) is 18.9 Å². The van der Waals surface area contributed by atoms with Crippen molar-refractivity contribution in [3.05, 3.63) is 64.7 Å². The summed E-state index contributed by atoms with van der Waals surface area (Å²) in [4.78, 5) is 29.4. The first-order valence-corrected chi connectivity index (χ1v) is 8.76. The van der Waals surface area contributed by atoms with E-state index in [0.29, 0.717) is 11.2 Å². The maximum atomic E-state index is 12.7. The van der Waals surface area contributed by atoms with Gasteiger partial charge in [-0.05, 0) is 43.2 Å². The van der Waals surface area contributed by atoms with Crippen molar-refractivity contribution in [1.82, 2.24) is 14.7 Å². The molecule has 0 atom stereocenters. The largest absolute Gasteiger partial charge is 0.348 e. The van der Waals surface area contributed by atoms with E-state index < -0.39 is 0 Å². The van der Waals surface area contributed by atoms with E-state index in [9.17, 15) is 9.59 Å². The van der Waals surface area contributed by atoms with Gasteiger partial charge in [-0.1, -0.05) is 28.1 Å². The summed E-state index contributed by atoms with van der Waals surface area (Å²) in [5, 5.41) is 5.73. The quantitative estimate of drug-likeness (QED) is 0.708. The highest BCUT2D eigenvalue weighted by Crippen LogP contribution is 2.21. The monoisotopic (exact) mass is 398 g/mol. The van der Waals surface area contributed by atoms with E-state index in [2.05, 4.69) is 31.5 Å². The number of carbonyl (C=O) groups excluding carboxylic acids is 2. The average molecular weight is 399 g/mol. The second-order valence-electron chi connectivity index (χ2n) is 5.95. The van der Waals surface area contributed by atoms with Crippen LogP contribution in [0.5, 0.6) is 0 Å². The van der Waals surface area contributed by atoms with Crippen LogP contribution in [0, 0.1) is 0 Å². The number of carbonyl (C=O) groups is 2. The third-order valence-corrected chi connectivity index (χ3v) is 4.45. The first-order chi connectivity index (χ1) is 12.1. The van der Waals surface area contributed by atoms with E-state index in [1.54, 1.807) is 34.9 Å². The number of rotatable bonds is 4. The van der Waals surface area contributed by atoms with Crippen molar-refractivity contribution < 1.29 is 9.59 Å². The summed E-state index contributed by atoms with van der Waals surface area (Å²) in [7, 11) is 0. The molecule has 2 amide bonds. The second kappa shape index (κ2) is 6.33. The summed E-state index contributed by atoms with van der Waals surface area (Å²) in [6.45, 7) is 0. The van der Waals surface area contributed by atoms with E-state index in [0.717, 1.165) is 17.3 Å². The van der Waals surface area contributed by atoms with Crippen molar-refractivity contribution in [2.24, 2.45) is 0 Å². The summed E-state index contributed by atoms with van der Waals surface area (Å²) in [6.07, 6.45) is 3.72. The Bertz CT molecular complexity index is 978. The molecule has 2 aromatic heterocycles. The molecule has 1 aromatic carbocycles. The first-order valence-electron chi connectivity index (χ1n) is 7.97. The van der Waals surface area contributed by atoms with Gasteiger partial charge in [0.2, 0.25) is 5.82 Å². The van der Waals surface area contributed by atoms with E-state index in [1.165, 1.54) is 0 Å². The molecule has 0 aliphatic heterocycles. The topological polar surface area (TPSA) is 75.5 Å². The third-order valence-electron chi connectivity index (χ3n) is 3.96. The summed E-state index contributed by atoms with van der Waals surface area (Å²) in [6, 6.07) is 12.9. The third kappa shape index (κ3) is 3.28. The molecule has 0 radical (unpaired) electrons.